The topological polar surface area (TPSA) is 91.0 Å². The Morgan fingerprint density at radius 3 is 2.47 bits per heavy atom. The first-order chi connectivity index (χ1) is 16.5. The molecule has 4 N–H and O–H groups in total. The zero-order chi connectivity index (χ0) is 24.1. The summed E-state index contributed by atoms with van der Waals surface area (Å²) in [5.74, 6) is 0.472. The molecule has 0 saturated heterocycles. The van der Waals surface area contributed by atoms with Crippen molar-refractivity contribution >= 4 is 17.2 Å². The molecule has 174 valence electrons. The van der Waals surface area contributed by atoms with Crippen molar-refractivity contribution in [3.63, 3.8) is 0 Å². The summed E-state index contributed by atoms with van der Waals surface area (Å²) >= 11 is 0. The molecule has 3 aromatic carbocycles. The van der Waals surface area contributed by atoms with Gasteiger partial charge in [0.1, 0.15) is 11.7 Å². The van der Waals surface area contributed by atoms with Crippen LogP contribution >= 0.6 is 0 Å². The summed E-state index contributed by atoms with van der Waals surface area (Å²) in [6, 6.07) is 20.7. The van der Waals surface area contributed by atoms with E-state index in [2.05, 4.69) is 4.98 Å². The van der Waals surface area contributed by atoms with Crippen LogP contribution in [0.15, 0.2) is 72.9 Å². The summed E-state index contributed by atoms with van der Waals surface area (Å²) in [4.78, 5) is 9.83. The third kappa shape index (κ3) is 4.93. The van der Waals surface area contributed by atoms with Crippen LogP contribution in [0.2, 0.25) is 0 Å². The van der Waals surface area contributed by atoms with E-state index in [9.17, 15) is 0 Å². The molecule has 4 aromatic rings. The highest BCUT2D eigenvalue weighted by Gasteiger charge is 2.21. The minimum Gasteiger partial charge on any atom is -0.491 e. The molecule has 7 heteroatoms. The standard InChI is InChI=1S/C27H28FN5O/c1-3-18-14-23(26(28)24(15-18)34-4-2)33(21-12-10-20(11-13-21)27(29)30)17-25-31-16-22(32-25)19-8-6-5-7-9-19/h5-16H,3-4,17H2,1-2H3,(H3,29,30)(H,31,32). The minimum absolute atomic E-state index is 0.0190. The van der Waals surface area contributed by atoms with Crippen molar-refractivity contribution in [2.45, 2.75) is 26.8 Å². The van der Waals surface area contributed by atoms with Crippen molar-refractivity contribution in [1.82, 2.24) is 9.97 Å². The molecule has 0 atom stereocenters. The van der Waals surface area contributed by atoms with Crippen molar-refractivity contribution in [3.05, 3.63) is 95.7 Å². The summed E-state index contributed by atoms with van der Waals surface area (Å²) < 4.78 is 21.2. The Labute approximate surface area is 198 Å². The third-order valence-corrected chi connectivity index (χ3v) is 5.58. The Morgan fingerprint density at radius 1 is 1.09 bits per heavy atom. The van der Waals surface area contributed by atoms with Crippen molar-refractivity contribution in [1.29, 1.82) is 5.41 Å². The molecule has 0 aliphatic heterocycles. The maximum absolute atomic E-state index is 15.6. The number of aromatic amines is 1. The molecule has 0 aliphatic rings. The molecule has 0 bridgehead atoms. The number of nitrogens with two attached hydrogens (primary N) is 1. The van der Waals surface area contributed by atoms with Crippen LogP contribution in [0.3, 0.4) is 0 Å². The normalized spacial score (nSPS) is 10.8. The molecule has 1 aromatic heterocycles. The highest BCUT2D eigenvalue weighted by molar-refractivity contribution is 5.95. The zero-order valence-corrected chi connectivity index (χ0v) is 19.3. The predicted octanol–water partition coefficient (Wildman–Crippen LogP) is 5.80. The van der Waals surface area contributed by atoms with E-state index in [0.29, 0.717) is 30.2 Å². The van der Waals surface area contributed by atoms with Crippen molar-refractivity contribution in [2.75, 3.05) is 11.5 Å². The van der Waals surface area contributed by atoms with E-state index in [0.717, 1.165) is 28.9 Å². The highest BCUT2D eigenvalue weighted by Crippen LogP contribution is 2.36. The van der Waals surface area contributed by atoms with E-state index in [-0.39, 0.29) is 11.6 Å². The van der Waals surface area contributed by atoms with E-state index in [1.807, 2.05) is 73.5 Å². The van der Waals surface area contributed by atoms with Crippen LogP contribution in [0, 0.1) is 11.2 Å². The average molecular weight is 458 g/mol. The van der Waals surface area contributed by atoms with Crippen molar-refractivity contribution in [3.8, 4) is 17.0 Å². The second kappa shape index (κ2) is 10.2. The van der Waals surface area contributed by atoms with Gasteiger partial charge in [0, 0.05) is 23.0 Å². The number of halogens is 1. The molecule has 4 rings (SSSR count). The van der Waals surface area contributed by atoms with Gasteiger partial charge in [0.2, 0.25) is 0 Å². The monoisotopic (exact) mass is 457 g/mol. The Morgan fingerprint density at radius 2 is 1.82 bits per heavy atom. The number of hydrogen-bond donors (Lipinski definition) is 3. The van der Waals surface area contributed by atoms with Crippen LogP contribution in [-0.2, 0) is 13.0 Å². The number of anilines is 2. The molecular formula is C27H28FN5O. The number of aromatic nitrogens is 2. The van der Waals surface area contributed by atoms with Gasteiger partial charge < -0.3 is 20.4 Å². The third-order valence-electron chi connectivity index (χ3n) is 5.58. The van der Waals surface area contributed by atoms with Gasteiger partial charge in [-0.25, -0.2) is 9.37 Å². The van der Waals surface area contributed by atoms with Crippen LogP contribution < -0.4 is 15.4 Å². The average Bonchev–Trinajstić information content (AvgIpc) is 3.33. The Balaban J connectivity index is 1.78. The quantitative estimate of drug-likeness (QED) is 0.219. The van der Waals surface area contributed by atoms with Crippen LogP contribution in [-0.4, -0.2) is 22.4 Å². The van der Waals surface area contributed by atoms with Gasteiger partial charge >= 0.3 is 0 Å². The number of rotatable bonds is 9. The second-order valence-electron chi connectivity index (χ2n) is 7.86. The summed E-state index contributed by atoms with van der Waals surface area (Å²) in [6.07, 6.45) is 2.59. The van der Waals surface area contributed by atoms with E-state index < -0.39 is 5.82 Å². The fourth-order valence-corrected chi connectivity index (χ4v) is 3.79. The molecule has 0 fully saturated rings. The fraction of sp³-hybridized carbons (Fsp3) is 0.185. The first-order valence-electron chi connectivity index (χ1n) is 11.3. The first kappa shape index (κ1) is 23.0. The van der Waals surface area contributed by atoms with Crippen molar-refractivity contribution in [2.24, 2.45) is 5.73 Å². The molecule has 6 nitrogen and oxygen atoms in total. The Hall–Kier alpha value is -4.13. The lowest BCUT2D eigenvalue weighted by Gasteiger charge is -2.26. The highest BCUT2D eigenvalue weighted by atomic mass is 19.1. The number of aryl methyl sites for hydroxylation is 1. The number of nitrogens with one attached hydrogen (secondary N) is 2. The number of nitrogens with zero attached hydrogens (tertiary/aromatic N) is 2. The number of amidine groups is 1. The molecule has 0 saturated carbocycles. The van der Waals surface area contributed by atoms with E-state index in [1.165, 1.54) is 0 Å². The molecule has 1 heterocycles. The maximum Gasteiger partial charge on any atom is 0.188 e. The molecule has 0 unspecified atom stereocenters. The van der Waals surface area contributed by atoms with E-state index in [1.54, 1.807) is 18.2 Å². The summed E-state index contributed by atoms with van der Waals surface area (Å²) in [5.41, 5.74) is 10.2. The van der Waals surface area contributed by atoms with Gasteiger partial charge in [0.05, 0.1) is 24.5 Å². The predicted molar refractivity (Wildman–Crippen MR) is 134 cm³/mol. The van der Waals surface area contributed by atoms with Gasteiger partial charge in [-0.2, -0.15) is 0 Å². The largest absolute Gasteiger partial charge is 0.491 e. The minimum atomic E-state index is -0.426. The van der Waals surface area contributed by atoms with Gasteiger partial charge in [-0.3, -0.25) is 5.41 Å². The number of imidazole rings is 1. The molecule has 0 spiro atoms. The van der Waals surface area contributed by atoms with Gasteiger partial charge in [-0.15, -0.1) is 0 Å². The SMILES string of the molecule is CCOc1cc(CC)cc(N(Cc2nc(-c3ccccc3)c[nH]2)c2ccc(C(=N)N)cc2)c1F. The smallest absolute Gasteiger partial charge is 0.188 e. The zero-order valence-electron chi connectivity index (χ0n) is 19.3. The molecule has 34 heavy (non-hydrogen) atoms. The van der Waals surface area contributed by atoms with Gasteiger partial charge in [0.15, 0.2) is 11.6 Å². The summed E-state index contributed by atoms with van der Waals surface area (Å²) in [7, 11) is 0. The van der Waals surface area contributed by atoms with Gasteiger partial charge in [0.25, 0.3) is 0 Å². The number of ether oxygens (including phenoxy) is 1. The summed E-state index contributed by atoms with van der Waals surface area (Å²) in [5, 5.41) is 7.68. The van der Waals surface area contributed by atoms with Gasteiger partial charge in [-0.05, 0) is 55.3 Å². The number of nitrogen functional groups attached to an aromatic ring is 1. The number of hydrogen-bond acceptors (Lipinski definition) is 4. The van der Waals surface area contributed by atoms with Crippen LogP contribution in [0.4, 0.5) is 15.8 Å². The molecule has 0 amide bonds. The lowest BCUT2D eigenvalue weighted by molar-refractivity contribution is 0.321. The van der Waals surface area contributed by atoms with E-state index in [4.69, 9.17) is 20.9 Å². The van der Waals surface area contributed by atoms with E-state index >= 15 is 4.39 Å². The van der Waals surface area contributed by atoms with Gasteiger partial charge in [-0.1, -0.05) is 37.3 Å². The van der Waals surface area contributed by atoms with Crippen LogP contribution in [0.1, 0.15) is 30.8 Å². The molecular weight excluding hydrogens is 429 g/mol. The summed E-state index contributed by atoms with van der Waals surface area (Å²) in [6.45, 7) is 4.54. The van der Waals surface area contributed by atoms with Crippen molar-refractivity contribution < 1.29 is 9.13 Å². The number of H-pyrrole nitrogens is 1. The van der Waals surface area contributed by atoms with Crippen LogP contribution in [0.5, 0.6) is 5.75 Å². The van der Waals surface area contributed by atoms with Crippen LogP contribution in [0.25, 0.3) is 11.3 Å². The molecule has 0 radical (unpaired) electrons. The Bertz CT molecular complexity index is 1270. The lowest BCUT2D eigenvalue weighted by Crippen LogP contribution is -2.20. The fourth-order valence-electron chi connectivity index (χ4n) is 3.79. The second-order valence-corrected chi connectivity index (χ2v) is 7.86. The maximum atomic E-state index is 15.6. The first-order valence-corrected chi connectivity index (χ1v) is 11.3. The molecule has 0 aliphatic carbocycles. The number of benzene rings is 3. The Kier molecular flexibility index (Phi) is 6.92. The lowest BCUT2D eigenvalue weighted by atomic mass is 10.1.